The monoisotopic (exact) mass is 284 g/mol. The van der Waals surface area contributed by atoms with Crippen molar-refractivity contribution in [2.45, 2.75) is 117 Å². The van der Waals surface area contributed by atoms with Crippen molar-refractivity contribution in [3.8, 4) is 0 Å². The van der Waals surface area contributed by atoms with E-state index in [1.54, 1.807) is 0 Å². The third kappa shape index (κ3) is 18.0. The van der Waals surface area contributed by atoms with Crippen LogP contribution in [0.3, 0.4) is 0 Å². The molecule has 0 radical (unpaired) electrons. The lowest BCUT2D eigenvalue weighted by Gasteiger charge is -2.06. The summed E-state index contributed by atoms with van der Waals surface area (Å²) >= 11 is 0. The molecule has 122 valence electrons. The van der Waals surface area contributed by atoms with Crippen molar-refractivity contribution in [1.82, 2.24) is 0 Å². The normalized spacial score (nSPS) is 11.4. The molecule has 0 fully saturated rings. The van der Waals surface area contributed by atoms with Crippen molar-refractivity contribution < 1.29 is 4.74 Å². The Morgan fingerprint density at radius 1 is 0.550 bits per heavy atom. The number of rotatable bonds is 16. The largest absolute Gasteiger partial charge is 0.379 e. The minimum atomic E-state index is 0.400. The van der Waals surface area contributed by atoms with Crippen LogP contribution in [0.15, 0.2) is 0 Å². The van der Waals surface area contributed by atoms with E-state index in [4.69, 9.17) is 4.74 Å². The van der Waals surface area contributed by atoms with Crippen LogP contribution in [0, 0.1) is 0 Å². The van der Waals surface area contributed by atoms with Gasteiger partial charge in [0.2, 0.25) is 0 Å². The topological polar surface area (TPSA) is 9.23 Å². The van der Waals surface area contributed by atoms with Gasteiger partial charge in [0, 0.05) is 6.61 Å². The summed E-state index contributed by atoms with van der Waals surface area (Å²) in [6, 6.07) is 0. The first-order valence-corrected chi connectivity index (χ1v) is 9.39. The Morgan fingerprint density at radius 3 is 1.25 bits per heavy atom. The van der Waals surface area contributed by atoms with E-state index in [1.165, 1.54) is 89.9 Å². The van der Waals surface area contributed by atoms with Crippen LogP contribution in [0.4, 0.5) is 0 Å². The molecule has 0 unspecified atom stereocenters. The fourth-order valence-electron chi connectivity index (χ4n) is 2.62. The zero-order valence-corrected chi connectivity index (χ0v) is 14.6. The second kappa shape index (κ2) is 17.0. The van der Waals surface area contributed by atoms with E-state index in [9.17, 15) is 0 Å². The number of hydrogen-bond donors (Lipinski definition) is 0. The Bertz CT molecular complexity index is 165. The second-order valence-electron chi connectivity index (χ2n) is 6.52. The standard InChI is InChI=1S/C19H40O/c1-4-5-6-7-8-9-10-11-12-13-14-15-16-17-18-20-19(2)3/h19H,4-18H2,1-3H3. The lowest BCUT2D eigenvalue weighted by molar-refractivity contribution is 0.0756. The van der Waals surface area contributed by atoms with Crippen LogP contribution >= 0.6 is 0 Å². The first-order chi connectivity index (χ1) is 9.77. The summed E-state index contributed by atoms with van der Waals surface area (Å²) in [5.41, 5.74) is 0. The Hall–Kier alpha value is -0.0400. The molecule has 0 aromatic carbocycles. The van der Waals surface area contributed by atoms with Crippen molar-refractivity contribution in [3.05, 3.63) is 0 Å². The predicted molar refractivity (Wildman–Crippen MR) is 91.4 cm³/mol. The van der Waals surface area contributed by atoms with Crippen molar-refractivity contribution in [3.63, 3.8) is 0 Å². The molecule has 0 spiro atoms. The first kappa shape index (κ1) is 20.0. The second-order valence-corrected chi connectivity index (χ2v) is 6.52. The highest BCUT2D eigenvalue weighted by Gasteiger charge is 1.95. The molecular formula is C19H40O. The summed E-state index contributed by atoms with van der Waals surface area (Å²) in [6.45, 7) is 7.47. The van der Waals surface area contributed by atoms with Crippen LogP contribution in [-0.2, 0) is 4.74 Å². The van der Waals surface area contributed by atoms with Gasteiger partial charge in [-0.1, -0.05) is 90.4 Å². The van der Waals surface area contributed by atoms with Gasteiger partial charge in [0.1, 0.15) is 0 Å². The molecule has 0 atom stereocenters. The van der Waals surface area contributed by atoms with Gasteiger partial charge in [-0.2, -0.15) is 0 Å². The fraction of sp³-hybridized carbons (Fsp3) is 1.00. The highest BCUT2D eigenvalue weighted by Crippen LogP contribution is 2.12. The maximum Gasteiger partial charge on any atom is 0.0518 e. The molecule has 0 aromatic rings. The van der Waals surface area contributed by atoms with E-state index in [0.29, 0.717) is 6.10 Å². The highest BCUT2D eigenvalue weighted by atomic mass is 16.5. The maximum atomic E-state index is 5.55. The predicted octanol–water partition coefficient (Wildman–Crippen LogP) is 6.89. The van der Waals surface area contributed by atoms with Gasteiger partial charge in [-0.25, -0.2) is 0 Å². The molecule has 0 aliphatic heterocycles. The van der Waals surface area contributed by atoms with Gasteiger partial charge in [0.15, 0.2) is 0 Å². The average Bonchev–Trinajstić information content (AvgIpc) is 2.43. The van der Waals surface area contributed by atoms with E-state index >= 15 is 0 Å². The molecule has 0 rings (SSSR count). The summed E-state index contributed by atoms with van der Waals surface area (Å²) in [5, 5.41) is 0. The molecule has 1 heteroatoms. The first-order valence-electron chi connectivity index (χ1n) is 9.39. The third-order valence-corrected chi connectivity index (χ3v) is 3.95. The van der Waals surface area contributed by atoms with Gasteiger partial charge in [0.25, 0.3) is 0 Å². The van der Waals surface area contributed by atoms with Crippen LogP contribution < -0.4 is 0 Å². The molecule has 0 bridgehead atoms. The van der Waals surface area contributed by atoms with E-state index in [0.717, 1.165) is 6.61 Å². The van der Waals surface area contributed by atoms with Crippen molar-refractivity contribution in [1.29, 1.82) is 0 Å². The van der Waals surface area contributed by atoms with Crippen molar-refractivity contribution in [2.24, 2.45) is 0 Å². The number of hydrogen-bond acceptors (Lipinski definition) is 1. The van der Waals surface area contributed by atoms with Gasteiger partial charge >= 0.3 is 0 Å². The van der Waals surface area contributed by atoms with E-state index in [-0.39, 0.29) is 0 Å². The van der Waals surface area contributed by atoms with E-state index in [2.05, 4.69) is 20.8 Å². The van der Waals surface area contributed by atoms with Crippen molar-refractivity contribution in [2.75, 3.05) is 6.61 Å². The minimum absolute atomic E-state index is 0.400. The minimum Gasteiger partial charge on any atom is -0.379 e. The van der Waals surface area contributed by atoms with Gasteiger partial charge in [-0.3, -0.25) is 0 Å². The Kier molecular flexibility index (Phi) is 17.0. The molecule has 0 aromatic heterocycles. The van der Waals surface area contributed by atoms with Crippen molar-refractivity contribution >= 4 is 0 Å². The van der Waals surface area contributed by atoms with Crippen LogP contribution in [-0.4, -0.2) is 12.7 Å². The summed E-state index contributed by atoms with van der Waals surface area (Å²) < 4.78 is 5.55. The fourth-order valence-corrected chi connectivity index (χ4v) is 2.62. The lowest BCUT2D eigenvalue weighted by atomic mass is 10.0. The molecule has 0 aliphatic rings. The number of unbranched alkanes of at least 4 members (excludes halogenated alkanes) is 13. The maximum absolute atomic E-state index is 5.55. The van der Waals surface area contributed by atoms with Gasteiger partial charge < -0.3 is 4.74 Å². The molecule has 0 saturated heterocycles. The molecule has 0 aliphatic carbocycles. The summed E-state index contributed by atoms with van der Waals surface area (Å²) in [7, 11) is 0. The summed E-state index contributed by atoms with van der Waals surface area (Å²) in [4.78, 5) is 0. The Morgan fingerprint density at radius 2 is 0.900 bits per heavy atom. The average molecular weight is 285 g/mol. The lowest BCUT2D eigenvalue weighted by Crippen LogP contribution is -2.03. The van der Waals surface area contributed by atoms with Gasteiger partial charge in [-0.15, -0.1) is 0 Å². The van der Waals surface area contributed by atoms with E-state index < -0.39 is 0 Å². The van der Waals surface area contributed by atoms with Crippen LogP contribution in [0.25, 0.3) is 0 Å². The molecule has 0 N–H and O–H groups in total. The molecule has 1 nitrogen and oxygen atoms in total. The molecule has 20 heavy (non-hydrogen) atoms. The molecule has 0 amide bonds. The Labute approximate surface area is 128 Å². The highest BCUT2D eigenvalue weighted by molar-refractivity contribution is 4.49. The molecule has 0 saturated carbocycles. The zero-order valence-electron chi connectivity index (χ0n) is 14.6. The number of ether oxygens (including phenoxy) is 1. The molecule has 0 heterocycles. The van der Waals surface area contributed by atoms with Crippen LogP contribution in [0.1, 0.15) is 111 Å². The van der Waals surface area contributed by atoms with Gasteiger partial charge in [-0.05, 0) is 20.3 Å². The van der Waals surface area contributed by atoms with E-state index in [1.807, 2.05) is 0 Å². The third-order valence-electron chi connectivity index (χ3n) is 3.95. The molecular weight excluding hydrogens is 244 g/mol. The quantitative estimate of drug-likeness (QED) is 0.280. The Balaban J connectivity index is 2.92. The van der Waals surface area contributed by atoms with Gasteiger partial charge in [0.05, 0.1) is 6.10 Å². The summed E-state index contributed by atoms with van der Waals surface area (Å²) in [6.07, 6.45) is 20.3. The zero-order chi connectivity index (χ0) is 14.9. The van der Waals surface area contributed by atoms with Crippen LogP contribution in [0.2, 0.25) is 0 Å². The smallest absolute Gasteiger partial charge is 0.0518 e. The van der Waals surface area contributed by atoms with Crippen LogP contribution in [0.5, 0.6) is 0 Å². The SMILES string of the molecule is CCCCCCCCCCCCCCCCOC(C)C. The summed E-state index contributed by atoms with van der Waals surface area (Å²) in [5.74, 6) is 0.